The van der Waals surface area contributed by atoms with Gasteiger partial charge in [-0.3, -0.25) is 14.4 Å². The van der Waals surface area contributed by atoms with Gasteiger partial charge in [0.25, 0.3) is 11.8 Å². The third-order valence-corrected chi connectivity index (χ3v) is 7.29. The Morgan fingerprint density at radius 2 is 1.64 bits per heavy atom. The molecular weight excluding hydrogens is 618 g/mol. The number of esters is 1. The molecule has 0 bridgehead atoms. The van der Waals surface area contributed by atoms with E-state index in [1.54, 1.807) is 32.9 Å². The minimum absolute atomic E-state index is 0.0179. The van der Waals surface area contributed by atoms with Gasteiger partial charge >= 0.3 is 5.97 Å². The molecule has 14 heteroatoms. The summed E-state index contributed by atoms with van der Waals surface area (Å²) in [6, 6.07) is 10.6. The zero-order valence-electron chi connectivity index (χ0n) is 24.7. The number of benzene rings is 3. The molecule has 0 saturated carbocycles. The second-order valence-corrected chi connectivity index (χ2v) is 11.7. The minimum Gasteiger partial charge on any atom is -0.492 e. The molecule has 1 heterocycles. The molecule has 3 aromatic rings. The lowest BCUT2D eigenvalue weighted by molar-refractivity contribution is -0.154. The summed E-state index contributed by atoms with van der Waals surface area (Å²) < 4.78 is 73.0. The summed E-state index contributed by atoms with van der Waals surface area (Å²) in [6.07, 6.45) is -0.0454. The molecule has 9 nitrogen and oxygen atoms in total. The Hall–Kier alpha value is -4.59. The van der Waals surface area contributed by atoms with Gasteiger partial charge in [-0.15, -0.1) is 0 Å². The van der Waals surface area contributed by atoms with E-state index in [0.717, 1.165) is 16.8 Å². The van der Waals surface area contributed by atoms with E-state index < -0.39 is 64.2 Å². The Morgan fingerprint density at radius 1 is 0.978 bits per heavy atom. The first-order chi connectivity index (χ1) is 21.3. The van der Waals surface area contributed by atoms with Crippen molar-refractivity contribution in [1.29, 1.82) is 0 Å². The number of hydrogen-bond donors (Lipinski definition) is 1. The Labute approximate surface area is 260 Å². The van der Waals surface area contributed by atoms with Crippen molar-refractivity contribution in [2.24, 2.45) is 5.10 Å². The number of carbonyl (C=O) groups excluding carboxylic acids is 3. The SMILES string of the molecule is COc1c(OCC(=O)NCCC(=O)OC(C)(C)C)cccc1C1SC(c2ccc(F)cc2)=NN1C(=O)c1c(F)cc(F)cc1F. The molecule has 1 N–H and O–H groups in total. The second-order valence-electron chi connectivity index (χ2n) is 10.6. The largest absolute Gasteiger partial charge is 0.492 e. The van der Waals surface area contributed by atoms with E-state index in [-0.39, 0.29) is 35.1 Å². The summed E-state index contributed by atoms with van der Waals surface area (Å²) in [6.45, 7) is 4.75. The third kappa shape index (κ3) is 8.32. The quantitative estimate of drug-likeness (QED) is 0.221. The number of para-hydroxylation sites is 1. The van der Waals surface area contributed by atoms with Gasteiger partial charge in [-0.05, 0) is 51.1 Å². The van der Waals surface area contributed by atoms with Crippen molar-refractivity contribution in [1.82, 2.24) is 10.3 Å². The monoisotopic (exact) mass is 647 g/mol. The van der Waals surface area contributed by atoms with Gasteiger partial charge in [0, 0.05) is 29.8 Å². The lowest BCUT2D eigenvalue weighted by Gasteiger charge is -2.24. The molecule has 2 amide bonds. The predicted octanol–water partition coefficient (Wildman–Crippen LogP) is 5.73. The fourth-order valence-electron chi connectivity index (χ4n) is 4.21. The van der Waals surface area contributed by atoms with Crippen LogP contribution >= 0.6 is 11.8 Å². The fraction of sp³-hybridized carbons (Fsp3) is 0.290. The van der Waals surface area contributed by atoms with E-state index in [4.69, 9.17) is 14.2 Å². The smallest absolute Gasteiger partial charge is 0.308 e. The van der Waals surface area contributed by atoms with Crippen LogP contribution in [-0.4, -0.2) is 53.7 Å². The average Bonchev–Trinajstić information content (AvgIpc) is 3.40. The Bertz CT molecular complexity index is 1610. The summed E-state index contributed by atoms with van der Waals surface area (Å²) in [5.74, 6) is -6.60. The van der Waals surface area contributed by atoms with Crippen molar-refractivity contribution in [3.05, 3.63) is 94.6 Å². The number of thioether (sulfide) groups is 1. The van der Waals surface area contributed by atoms with Crippen LogP contribution in [0.15, 0.2) is 59.7 Å². The number of hydrogen-bond acceptors (Lipinski definition) is 8. The van der Waals surface area contributed by atoms with Gasteiger partial charge in [0.15, 0.2) is 18.1 Å². The van der Waals surface area contributed by atoms with Crippen LogP contribution in [0.1, 0.15) is 54.1 Å². The maximum Gasteiger partial charge on any atom is 0.308 e. The van der Waals surface area contributed by atoms with E-state index in [1.807, 2.05) is 0 Å². The number of hydrazone groups is 1. The van der Waals surface area contributed by atoms with Crippen LogP contribution in [0.3, 0.4) is 0 Å². The molecule has 0 saturated heterocycles. The third-order valence-electron chi connectivity index (χ3n) is 6.07. The van der Waals surface area contributed by atoms with Crippen LogP contribution in [-0.2, 0) is 14.3 Å². The number of halogens is 4. The minimum atomic E-state index is -1.42. The van der Waals surface area contributed by atoms with Gasteiger partial charge in [-0.25, -0.2) is 22.6 Å². The van der Waals surface area contributed by atoms with Crippen molar-refractivity contribution in [3.8, 4) is 11.5 Å². The number of carbonyl (C=O) groups is 3. The molecule has 45 heavy (non-hydrogen) atoms. The molecule has 0 aliphatic carbocycles. The number of nitrogens with one attached hydrogen (secondary N) is 1. The van der Waals surface area contributed by atoms with Gasteiger partial charge in [0.2, 0.25) is 0 Å². The van der Waals surface area contributed by atoms with Crippen LogP contribution in [0.25, 0.3) is 0 Å². The first-order valence-corrected chi connectivity index (χ1v) is 14.4. The molecule has 238 valence electrons. The second kappa shape index (κ2) is 14.0. The summed E-state index contributed by atoms with van der Waals surface area (Å²) in [4.78, 5) is 37.8. The molecule has 3 aromatic carbocycles. The number of methoxy groups -OCH3 is 1. The lowest BCUT2D eigenvalue weighted by Crippen LogP contribution is -2.32. The van der Waals surface area contributed by atoms with Gasteiger partial charge < -0.3 is 19.5 Å². The van der Waals surface area contributed by atoms with E-state index in [9.17, 15) is 31.9 Å². The van der Waals surface area contributed by atoms with E-state index in [0.29, 0.717) is 17.7 Å². The molecule has 1 aliphatic heterocycles. The van der Waals surface area contributed by atoms with Crippen LogP contribution in [0.5, 0.6) is 11.5 Å². The highest BCUT2D eigenvalue weighted by atomic mass is 32.2. The van der Waals surface area contributed by atoms with E-state index in [1.165, 1.54) is 37.4 Å². The molecular formula is C31H29F4N3O6S. The summed E-state index contributed by atoms with van der Waals surface area (Å²) >= 11 is 1.00. The predicted molar refractivity (Wildman–Crippen MR) is 158 cm³/mol. The van der Waals surface area contributed by atoms with Crippen molar-refractivity contribution < 1.29 is 46.2 Å². The first kappa shape index (κ1) is 33.3. The molecule has 1 unspecified atom stereocenters. The van der Waals surface area contributed by atoms with Crippen LogP contribution in [0.2, 0.25) is 0 Å². The Kier molecular flexibility index (Phi) is 10.4. The number of nitrogens with zero attached hydrogens (tertiary/aromatic N) is 2. The molecule has 0 fully saturated rings. The standard InChI is InChI=1S/C31H29F4N3O6S/c1-31(2,3)44-25(40)12-13-36-24(39)16-43-23-7-5-6-20(27(23)42-4)30-38(29(41)26-21(34)14-19(33)15-22(26)35)37-28(45-30)17-8-10-18(32)11-9-17/h5-11,14-15,30H,12-13,16H2,1-4H3,(H,36,39). The molecule has 0 aromatic heterocycles. The normalized spacial score (nSPS) is 14.5. The number of ether oxygens (including phenoxy) is 3. The van der Waals surface area contributed by atoms with Crippen molar-refractivity contribution in [2.45, 2.75) is 38.2 Å². The zero-order chi connectivity index (χ0) is 32.9. The molecule has 1 aliphatic rings. The lowest BCUT2D eigenvalue weighted by atomic mass is 10.1. The van der Waals surface area contributed by atoms with Gasteiger partial charge in [-0.2, -0.15) is 5.10 Å². The molecule has 4 rings (SSSR count). The highest BCUT2D eigenvalue weighted by Crippen LogP contribution is 2.47. The number of rotatable bonds is 10. The van der Waals surface area contributed by atoms with Crippen molar-refractivity contribution in [2.75, 3.05) is 20.3 Å². The summed E-state index contributed by atoms with van der Waals surface area (Å²) in [5.41, 5.74) is -0.991. The van der Waals surface area contributed by atoms with E-state index in [2.05, 4.69) is 10.4 Å². The fourth-order valence-corrected chi connectivity index (χ4v) is 5.38. The maximum atomic E-state index is 14.7. The molecule has 0 radical (unpaired) electrons. The van der Waals surface area contributed by atoms with Crippen molar-refractivity contribution >= 4 is 34.6 Å². The highest BCUT2D eigenvalue weighted by Gasteiger charge is 2.39. The zero-order valence-corrected chi connectivity index (χ0v) is 25.5. The van der Waals surface area contributed by atoms with Crippen LogP contribution in [0, 0.1) is 23.3 Å². The molecule has 0 spiro atoms. The maximum absolute atomic E-state index is 14.7. The van der Waals surface area contributed by atoms with Crippen molar-refractivity contribution in [3.63, 3.8) is 0 Å². The van der Waals surface area contributed by atoms with Gasteiger partial charge in [0.1, 0.15) is 44.9 Å². The first-order valence-electron chi connectivity index (χ1n) is 13.5. The Balaban J connectivity index is 1.58. The summed E-state index contributed by atoms with van der Waals surface area (Å²) in [7, 11) is 1.32. The van der Waals surface area contributed by atoms with Crippen LogP contribution < -0.4 is 14.8 Å². The van der Waals surface area contributed by atoms with E-state index >= 15 is 0 Å². The topological polar surface area (TPSA) is 107 Å². The van der Waals surface area contributed by atoms with Crippen LogP contribution in [0.4, 0.5) is 17.6 Å². The molecule has 1 atom stereocenters. The average molecular weight is 648 g/mol. The number of amides is 2. The highest BCUT2D eigenvalue weighted by molar-refractivity contribution is 8.14. The summed E-state index contributed by atoms with van der Waals surface area (Å²) in [5, 5.41) is 6.79. The Morgan fingerprint density at radius 3 is 2.27 bits per heavy atom. The van der Waals surface area contributed by atoms with Gasteiger partial charge in [-0.1, -0.05) is 23.9 Å². The van der Waals surface area contributed by atoms with Gasteiger partial charge in [0.05, 0.1) is 13.5 Å².